The van der Waals surface area contributed by atoms with E-state index in [4.69, 9.17) is 22.1 Å². The Hall–Kier alpha value is -3.24. The number of nitrogen functional groups attached to an aromatic ring is 1. The highest BCUT2D eigenvalue weighted by molar-refractivity contribution is 7.91. The fourth-order valence-corrected chi connectivity index (χ4v) is 3.93. The quantitative estimate of drug-likeness (QED) is 0.484. The first-order valence-electron chi connectivity index (χ1n) is 9.20. The van der Waals surface area contributed by atoms with E-state index in [1.54, 1.807) is 0 Å². The number of halogens is 1. The summed E-state index contributed by atoms with van der Waals surface area (Å²) in [4.78, 5) is 24.3. The van der Waals surface area contributed by atoms with Crippen LogP contribution < -0.4 is 11.1 Å². The summed E-state index contributed by atoms with van der Waals surface area (Å²) in [5.74, 6) is -0.796. The van der Waals surface area contributed by atoms with Crippen LogP contribution in [0.25, 0.3) is 0 Å². The summed E-state index contributed by atoms with van der Waals surface area (Å²) in [5, 5.41) is 3.46. The first-order valence-corrected chi connectivity index (χ1v) is 11.2. The van der Waals surface area contributed by atoms with Gasteiger partial charge in [-0.2, -0.15) is 15.0 Å². The third kappa shape index (κ3) is 6.37. The molecule has 3 rings (SSSR count). The Morgan fingerprint density at radius 3 is 2.52 bits per heavy atom. The molecule has 0 bridgehead atoms. The van der Waals surface area contributed by atoms with Crippen LogP contribution in [0, 0.1) is 6.92 Å². The van der Waals surface area contributed by atoms with Crippen molar-refractivity contribution in [2.45, 2.75) is 24.8 Å². The van der Waals surface area contributed by atoms with Crippen LogP contribution >= 0.6 is 11.6 Å². The summed E-state index contributed by atoms with van der Waals surface area (Å²) in [6.07, 6.45) is -0.320. The summed E-state index contributed by atoms with van der Waals surface area (Å²) >= 11 is 5.77. The van der Waals surface area contributed by atoms with Crippen molar-refractivity contribution < 1.29 is 17.9 Å². The Labute approximate surface area is 184 Å². The average Bonchev–Trinajstić information content (AvgIpc) is 2.72. The van der Waals surface area contributed by atoms with Crippen LogP contribution in [0.1, 0.15) is 17.8 Å². The maximum Gasteiger partial charge on any atom is 0.307 e. The fourth-order valence-electron chi connectivity index (χ4n) is 2.59. The molecular weight excluding hydrogens is 442 g/mol. The number of rotatable bonds is 8. The first-order chi connectivity index (χ1) is 14.7. The molecule has 31 heavy (non-hydrogen) atoms. The normalized spacial score (nSPS) is 11.2. The number of hydrogen-bond donors (Lipinski definition) is 2. The number of para-hydroxylation sites is 1. The molecule has 0 radical (unpaired) electrons. The van der Waals surface area contributed by atoms with E-state index < -0.39 is 21.6 Å². The van der Waals surface area contributed by atoms with Crippen LogP contribution in [0.15, 0.2) is 53.4 Å². The van der Waals surface area contributed by atoms with E-state index in [0.717, 1.165) is 11.3 Å². The number of anilines is 3. The van der Waals surface area contributed by atoms with Crippen LogP contribution in [0.3, 0.4) is 0 Å². The van der Waals surface area contributed by atoms with Crippen molar-refractivity contribution in [2.75, 3.05) is 16.8 Å². The molecule has 0 spiro atoms. The van der Waals surface area contributed by atoms with Gasteiger partial charge in [0.25, 0.3) is 0 Å². The lowest BCUT2D eigenvalue weighted by atomic mass is 10.2. The number of aromatic nitrogens is 3. The van der Waals surface area contributed by atoms with Crippen molar-refractivity contribution in [3.05, 3.63) is 64.9 Å². The van der Waals surface area contributed by atoms with Crippen LogP contribution in [-0.2, 0) is 26.0 Å². The molecule has 0 aliphatic heterocycles. The molecule has 0 saturated carbocycles. The smallest absolute Gasteiger partial charge is 0.307 e. The van der Waals surface area contributed by atoms with Crippen molar-refractivity contribution in [1.29, 1.82) is 0 Å². The number of carbonyl (C=O) groups is 1. The van der Waals surface area contributed by atoms with Crippen molar-refractivity contribution in [2.24, 2.45) is 0 Å². The van der Waals surface area contributed by atoms with Crippen LogP contribution in [-0.4, -0.2) is 35.1 Å². The van der Waals surface area contributed by atoms with Gasteiger partial charge in [-0.15, -0.1) is 0 Å². The summed E-state index contributed by atoms with van der Waals surface area (Å²) in [6, 6.07) is 13.3. The van der Waals surface area contributed by atoms with E-state index in [0.29, 0.717) is 5.02 Å². The molecule has 0 saturated heterocycles. The molecule has 0 aliphatic rings. The highest BCUT2D eigenvalue weighted by Crippen LogP contribution is 2.18. The zero-order valence-corrected chi connectivity index (χ0v) is 18.2. The zero-order valence-electron chi connectivity index (χ0n) is 16.6. The molecule has 0 unspecified atom stereocenters. The molecule has 0 amide bonds. The van der Waals surface area contributed by atoms with Gasteiger partial charge in [-0.05, 0) is 42.8 Å². The molecule has 3 N–H and O–H groups in total. The van der Waals surface area contributed by atoms with E-state index in [-0.39, 0.29) is 35.6 Å². The summed E-state index contributed by atoms with van der Waals surface area (Å²) in [6.45, 7) is 1.66. The number of ether oxygens (including phenoxy) is 1. The Balaban J connectivity index is 1.58. The minimum Gasteiger partial charge on any atom is -0.457 e. The minimum atomic E-state index is -3.64. The van der Waals surface area contributed by atoms with E-state index in [1.807, 2.05) is 31.2 Å². The average molecular weight is 462 g/mol. The predicted molar refractivity (Wildman–Crippen MR) is 117 cm³/mol. The number of nitrogens with zero attached hydrogens (tertiary/aromatic N) is 3. The second-order valence-corrected chi connectivity index (χ2v) is 9.10. The van der Waals surface area contributed by atoms with Gasteiger partial charge < -0.3 is 15.8 Å². The molecule has 162 valence electrons. The fraction of sp³-hybridized carbons (Fsp3) is 0.200. The number of aryl methyl sites for hydroxylation is 1. The Morgan fingerprint density at radius 2 is 1.81 bits per heavy atom. The largest absolute Gasteiger partial charge is 0.457 e. The third-order valence-electron chi connectivity index (χ3n) is 4.20. The van der Waals surface area contributed by atoms with Gasteiger partial charge in [0.05, 0.1) is 17.1 Å². The number of esters is 1. The van der Waals surface area contributed by atoms with Gasteiger partial charge in [0.1, 0.15) is 0 Å². The number of benzene rings is 2. The van der Waals surface area contributed by atoms with Gasteiger partial charge in [-0.3, -0.25) is 4.79 Å². The van der Waals surface area contributed by atoms with Gasteiger partial charge >= 0.3 is 5.97 Å². The molecule has 0 fully saturated rings. The zero-order chi connectivity index (χ0) is 22.4. The van der Waals surface area contributed by atoms with E-state index >= 15 is 0 Å². The van der Waals surface area contributed by atoms with Gasteiger partial charge in [0, 0.05) is 10.7 Å². The molecule has 1 heterocycles. The van der Waals surface area contributed by atoms with Gasteiger partial charge in [-0.25, -0.2) is 8.42 Å². The van der Waals surface area contributed by atoms with E-state index in [1.165, 1.54) is 24.3 Å². The summed E-state index contributed by atoms with van der Waals surface area (Å²) in [5.41, 5.74) is 7.49. The molecule has 0 atom stereocenters. The molecule has 3 aromatic rings. The van der Waals surface area contributed by atoms with Gasteiger partial charge in [-0.1, -0.05) is 29.8 Å². The Bertz CT molecular complexity index is 1190. The monoisotopic (exact) mass is 461 g/mol. The molecule has 1 aromatic heterocycles. The number of hydrogen-bond acceptors (Lipinski definition) is 9. The van der Waals surface area contributed by atoms with Crippen LogP contribution in [0.5, 0.6) is 0 Å². The Kier molecular flexibility index (Phi) is 7.03. The topological polar surface area (TPSA) is 137 Å². The first kappa shape index (κ1) is 22.4. The van der Waals surface area contributed by atoms with Gasteiger partial charge in [0.2, 0.25) is 11.9 Å². The number of carbonyl (C=O) groups excluding carboxylic acids is 1. The van der Waals surface area contributed by atoms with Gasteiger partial charge in [0.15, 0.2) is 22.3 Å². The lowest BCUT2D eigenvalue weighted by Crippen LogP contribution is -2.15. The maximum absolute atomic E-state index is 12.3. The molecular formula is C20H20ClN5O4S. The third-order valence-corrected chi connectivity index (χ3v) is 6.18. The SMILES string of the molecule is Cc1ccccc1Nc1nc(N)nc(COC(=O)CCS(=O)(=O)c2ccc(Cl)cc2)n1. The van der Waals surface area contributed by atoms with E-state index in [9.17, 15) is 13.2 Å². The van der Waals surface area contributed by atoms with Crippen molar-refractivity contribution >= 4 is 45.0 Å². The Morgan fingerprint density at radius 1 is 1.10 bits per heavy atom. The maximum atomic E-state index is 12.3. The number of sulfone groups is 1. The van der Waals surface area contributed by atoms with Crippen molar-refractivity contribution in [1.82, 2.24) is 15.0 Å². The predicted octanol–water partition coefficient (Wildman–Crippen LogP) is 3.07. The number of nitrogens with one attached hydrogen (secondary N) is 1. The van der Waals surface area contributed by atoms with E-state index in [2.05, 4.69) is 20.3 Å². The second kappa shape index (κ2) is 9.71. The minimum absolute atomic E-state index is 0.0394. The highest BCUT2D eigenvalue weighted by atomic mass is 35.5. The van der Waals surface area contributed by atoms with Crippen molar-refractivity contribution in [3.63, 3.8) is 0 Å². The lowest BCUT2D eigenvalue weighted by molar-refractivity contribution is -0.144. The standard InChI is InChI=1S/C20H20ClN5O4S/c1-13-4-2-3-5-16(13)23-20-25-17(24-19(22)26-20)12-30-18(27)10-11-31(28,29)15-8-6-14(21)7-9-15/h2-9H,10-12H2,1H3,(H3,22,23,24,25,26). The molecule has 2 aromatic carbocycles. The van der Waals surface area contributed by atoms with Crippen LogP contribution in [0.4, 0.5) is 17.6 Å². The highest BCUT2D eigenvalue weighted by Gasteiger charge is 2.17. The molecule has 9 nitrogen and oxygen atoms in total. The molecule has 0 aliphatic carbocycles. The molecule has 11 heteroatoms. The van der Waals surface area contributed by atoms with Crippen LogP contribution in [0.2, 0.25) is 5.02 Å². The number of nitrogens with two attached hydrogens (primary N) is 1. The van der Waals surface area contributed by atoms with Crippen molar-refractivity contribution in [3.8, 4) is 0 Å². The second-order valence-electron chi connectivity index (χ2n) is 6.56. The summed E-state index contributed by atoms with van der Waals surface area (Å²) < 4.78 is 29.7. The lowest BCUT2D eigenvalue weighted by Gasteiger charge is -2.10. The summed E-state index contributed by atoms with van der Waals surface area (Å²) in [7, 11) is -3.64.